The molecule has 0 aliphatic heterocycles. The molecule has 0 aliphatic carbocycles. The first-order valence-corrected chi connectivity index (χ1v) is 10.2. The lowest BCUT2D eigenvalue weighted by Gasteiger charge is -2.10. The first kappa shape index (κ1) is 20.2. The highest BCUT2D eigenvalue weighted by atomic mass is 35.5. The van der Waals surface area contributed by atoms with E-state index < -0.39 is 10.0 Å². The molecule has 0 unspecified atom stereocenters. The number of aromatic hydroxyl groups is 1. The Morgan fingerprint density at radius 2 is 1.71 bits per heavy atom. The van der Waals surface area contributed by atoms with Gasteiger partial charge in [0, 0.05) is 18.3 Å². The van der Waals surface area contributed by atoms with E-state index in [0.717, 1.165) is 5.56 Å². The fraction of sp³-hybridized carbons (Fsp3) is 0.0588. The predicted molar refractivity (Wildman–Crippen MR) is 109 cm³/mol. The fourth-order valence-corrected chi connectivity index (χ4v) is 3.40. The molecule has 3 aromatic rings. The van der Waals surface area contributed by atoms with Crippen molar-refractivity contribution >= 4 is 50.5 Å². The minimum atomic E-state index is -3.76. The number of primary sulfonamides is 1. The van der Waals surface area contributed by atoms with Crippen LogP contribution in [0.2, 0.25) is 10.0 Å². The van der Waals surface area contributed by atoms with Gasteiger partial charge in [0.25, 0.3) is 0 Å². The fourth-order valence-electron chi connectivity index (χ4n) is 2.33. The molecule has 0 bridgehead atoms. The Hall–Kier alpha value is -2.59. The van der Waals surface area contributed by atoms with Gasteiger partial charge in [0.2, 0.25) is 10.0 Å². The topological polar surface area (TPSA) is 130 Å². The lowest BCUT2D eigenvalue weighted by atomic mass is 10.2. The predicted octanol–water partition coefficient (Wildman–Crippen LogP) is 3.49. The Balaban J connectivity index is 1.72. The normalized spacial score (nSPS) is 11.2. The molecular formula is C17H15Cl2N5O3S. The van der Waals surface area contributed by atoms with Gasteiger partial charge in [0.15, 0.2) is 5.75 Å². The standard InChI is InChI=1S/C17H15Cl2N5O3S/c18-13-5-11(6-14(19)17(13)25)24-16-7-15(22-9-23-16)21-8-10-2-1-3-12(4-10)28(20,26)27/h1-7,9,25H,8H2,(H2,20,26,27)(H2,21,22,23,24). The zero-order valence-electron chi connectivity index (χ0n) is 14.2. The third-order valence-electron chi connectivity index (χ3n) is 3.66. The third kappa shape index (κ3) is 5.02. The first-order chi connectivity index (χ1) is 13.2. The molecule has 5 N–H and O–H groups in total. The lowest BCUT2D eigenvalue weighted by Crippen LogP contribution is -2.12. The van der Waals surface area contributed by atoms with E-state index in [1.54, 1.807) is 18.2 Å². The number of aromatic nitrogens is 2. The number of rotatable bonds is 6. The lowest BCUT2D eigenvalue weighted by molar-refractivity contribution is 0.476. The van der Waals surface area contributed by atoms with Crippen molar-refractivity contribution in [1.29, 1.82) is 0 Å². The van der Waals surface area contributed by atoms with Crippen molar-refractivity contribution in [3.05, 3.63) is 64.4 Å². The molecule has 0 aliphatic rings. The summed E-state index contributed by atoms with van der Waals surface area (Å²) in [7, 11) is -3.76. The van der Waals surface area contributed by atoms with Crippen LogP contribution in [0.15, 0.2) is 53.7 Å². The van der Waals surface area contributed by atoms with Crippen LogP contribution in [0.5, 0.6) is 5.75 Å². The maximum atomic E-state index is 11.4. The van der Waals surface area contributed by atoms with Crippen LogP contribution in [0.3, 0.4) is 0 Å². The van der Waals surface area contributed by atoms with E-state index in [1.807, 2.05) is 0 Å². The molecule has 0 atom stereocenters. The number of sulfonamides is 1. The van der Waals surface area contributed by atoms with Gasteiger partial charge in [-0.05, 0) is 29.8 Å². The summed E-state index contributed by atoms with van der Waals surface area (Å²) in [5.41, 5.74) is 1.26. The molecule has 11 heteroatoms. The summed E-state index contributed by atoms with van der Waals surface area (Å²) in [6.45, 7) is 0.330. The van der Waals surface area contributed by atoms with Gasteiger partial charge in [-0.15, -0.1) is 0 Å². The van der Waals surface area contributed by atoms with E-state index in [2.05, 4.69) is 20.6 Å². The summed E-state index contributed by atoms with van der Waals surface area (Å²) in [5, 5.41) is 21.1. The minimum Gasteiger partial charge on any atom is -0.505 e. The molecule has 0 fully saturated rings. The summed E-state index contributed by atoms with van der Waals surface area (Å²) in [4.78, 5) is 8.27. The molecule has 0 saturated heterocycles. The molecule has 2 aromatic carbocycles. The number of hydrogen-bond acceptors (Lipinski definition) is 7. The summed E-state index contributed by atoms with van der Waals surface area (Å²) in [5.74, 6) is 0.781. The van der Waals surface area contributed by atoms with Gasteiger partial charge in [-0.1, -0.05) is 35.3 Å². The van der Waals surface area contributed by atoms with E-state index in [1.165, 1.54) is 30.6 Å². The van der Waals surface area contributed by atoms with Gasteiger partial charge in [0.05, 0.1) is 14.9 Å². The van der Waals surface area contributed by atoms with Gasteiger partial charge < -0.3 is 15.7 Å². The first-order valence-electron chi connectivity index (χ1n) is 7.85. The molecule has 1 aromatic heterocycles. The van der Waals surface area contributed by atoms with Gasteiger partial charge in [-0.3, -0.25) is 0 Å². The van der Waals surface area contributed by atoms with Crippen LogP contribution in [-0.2, 0) is 16.6 Å². The zero-order valence-corrected chi connectivity index (χ0v) is 16.6. The highest BCUT2D eigenvalue weighted by Crippen LogP contribution is 2.35. The quantitative estimate of drug-likeness (QED) is 0.432. The van der Waals surface area contributed by atoms with E-state index in [0.29, 0.717) is 23.9 Å². The summed E-state index contributed by atoms with van der Waals surface area (Å²) >= 11 is 11.8. The Morgan fingerprint density at radius 1 is 1.04 bits per heavy atom. The number of halogens is 2. The zero-order chi connectivity index (χ0) is 20.3. The SMILES string of the molecule is NS(=O)(=O)c1cccc(CNc2cc(Nc3cc(Cl)c(O)c(Cl)c3)ncn2)c1. The van der Waals surface area contributed by atoms with Crippen LogP contribution < -0.4 is 15.8 Å². The van der Waals surface area contributed by atoms with Crippen molar-refractivity contribution < 1.29 is 13.5 Å². The van der Waals surface area contributed by atoms with Crippen molar-refractivity contribution in [1.82, 2.24) is 9.97 Å². The van der Waals surface area contributed by atoms with Crippen LogP contribution in [0.1, 0.15) is 5.56 Å². The molecule has 146 valence electrons. The van der Waals surface area contributed by atoms with Gasteiger partial charge in [-0.25, -0.2) is 23.5 Å². The highest BCUT2D eigenvalue weighted by Gasteiger charge is 2.09. The number of nitrogens with two attached hydrogens (primary N) is 1. The Bertz CT molecular complexity index is 1100. The Morgan fingerprint density at radius 3 is 2.39 bits per heavy atom. The number of nitrogens with zero attached hydrogens (tertiary/aromatic N) is 2. The number of benzene rings is 2. The molecule has 8 nitrogen and oxygen atoms in total. The van der Waals surface area contributed by atoms with E-state index >= 15 is 0 Å². The third-order valence-corrected chi connectivity index (χ3v) is 5.14. The largest absolute Gasteiger partial charge is 0.505 e. The van der Waals surface area contributed by atoms with Crippen LogP contribution >= 0.6 is 23.2 Å². The molecule has 0 amide bonds. The maximum Gasteiger partial charge on any atom is 0.238 e. The molecular weight excluding hydrogens is 425 g/mol. The van der Waals surface area contributed by atoms with Crippen LogP contribution in [0.25, 0.3) is 0 Å². The van der Waals surface area contributed by atoms with Gasteiger partial charge in [0.1, 0.15) is 18.0 Å². The van der Waals surface area contributed by atoms with Gasteiger partial charge in [-0.2, -0.15) is 0 Å². The number of nitrogens with one attached hydrogen (secondary N) is 2. The molecule has 28 heavy (non-hydrogen) atoms. The molecule has 0 saturated carbocycles. The molecule has 0 spiro atoms. The van der Waals surface area contributed by atoms with Crippen LogP contribution in [0.4, 0.5) is 17.3 Å². The summed E-state index contributed by atoms with van der Waals surface area (Å²) in [6.07, 6.45) is 1.36. The Kier molecular flexibility index (Phi) is 5.90. The van der Waals surface area contributed by atoms with E-state index in [9.17, 15) is 13.5 Å². The van der Waals surface area contributed by atoms with Gasteiger partial charge >= 0.3 is 0 Å². The summed E-state index contributed by atoms with van der Waals surface area (Å²) in [6, 6.07) is 11.0. The summed E-state index contributed by atoms with van der Waals surface area (Å²) < 4.78 is 22.9. The van der Waals surface area contributed by atoms with Crippen molar-refractivity contribution in [2.45, 2.75) is 11.4 Å². The molecule has 3 rings (SSSR count). The number of anilines is 3. The highest BCUT2D eigenvalue weighted by molar-refractivity contribution is 7.89. The average molecular weight is 440 g/mol. The van der Waals surface area contributed by atoms with Crippen LogP contribution in [-0.4, -0.2) is 23.5 Å². The van der Waals surface area contributed by atoms with E-state index in [-0.39, 0.29) is 20.7 Å². The van der Waals surface area contributed by atoms with Crippen molar-refractivity contribution in [3.63, 3.8) is 0 Å². The monoisotopic (exact) mass is 439 g/mol. The smallest absolute Gasteiger partial charge is 0.238 e. The van der Waals surface area contributed by atoms with Crippen molar-refractivity contribution in [2.75, 3.05) is 10.6 Å². The maximum absolute atomic E-state index is 11.4. The average Bonchev–Trinajstić information content (AvgIpc) is 2.64. The Labute approximate surface area is 171 Å². The number of phenols is 1. The van der Waals surface area contributed by atoms with Crippen molar-refractivity contribution in [3.8, 4) is 5.75 Å². The van der Waals surface area contributed by atoms with E-state index in [4.69, 9.17) is 28.3 Å². The van der Waals surface area contributed by atoms with Crippen LogP contribution in [0, 0.1) is 0 Å². The molecule has 1 heterocycles. The number of phenolic OH excluding ortho intramolecular Hbond substituents is 1. The second kappa shape index (κ2) is 8.19. The molecule has 0 radical (unpaired) electrons. The number of hydrogen-bond donors (Lipinski definition) is 4. The second-order valence-corrected chi connectivity index (χ2v) is 8.12. The van der Waals surface area contributed by atoms with Crippen molar-refractivity contribution in [2.24, 2.45) is 5.14 Å². The minimum absolute atomic E-state index is 0.0398. The second-order valence-electron chi connectivity index (χ2n) is 5.75.